The van der Waals surface area contributed by atoms with E-state index in [9.17, 15) is 4.79 Å². The number of hydrogen-bond acceptors (Lipinski definition) is 2. The first-order valence-electron chi connectivity index (χ1n) is 3.50. The van der Waals surface area contributed by atoms with Gasteiger partial charge in [0.15, 0.2) is 0 Å². The number of hydrogen-bond donors (Lipinski definition) is 1. The van der Waals surface area contributed by atoms with Crippen LogP contribution in [0.25, 0.3) is 0 Å². The van der Waals surface area contributed by atoms with E-state index in [-0.39, 0.29) is 0 Å². The van der Waals surface area contributed by atoms with Crippen LogP contribution in [-0.4, -0.2) is 12.3 Å². The highest BCUT2D eigenvalue weighted by Gasteiger charge is 2.00. The van der Waals surface area contributed by atoms with Gasteiger partial charge >= 0.3 is 0 Å². The normalized spacial score (nSPS) is 12.5. The molecule has 1 rings (SSSR count). The lowest BCUT2D eigenvalue weighted by Crippen LogP contribution is -2.23. The molecule has 1 radical (unpaired) electrons. The Balaban J connectivity index is 2.57. The monoisotopic (exact) mass is 148 g/mol. The van der Waals surface area contributed by atoms with Crippen LogP contribution in [0.2, 0.25) is 0 Å². The van der Waals surface area contributed by atoms with Crippen molar-refractivity contribution in [2.45, 2.75) is 12.5 Å². The second-order valence-electron chi connectivity index (χ2n) is 2.41. The van der Waals surface area contributed by atoms with E-state index in [4.69, 9.17) is 5.73 Å². The Hall–Kier alpha value is -1.15. The quantitative estimate of drug-likeness (QED) is 0.684. The molecule has 0 aromatic heterocycles. The van der Waals surface area contributed by atoms with E-state index in [1.807, 2.05) is 30.3 Å². The van der Waals surface area contributed by atoms with Crippen molar-refractivity contribution in [2.24, 2.45) is 5.73 Å². The summed E-state index contributed by atoms with van der Waals surface area (Å²) in [7, 11) is 0. The van der Waals surface area contributed by atoms with Crippen molar-refractivity contribution in [3.63, 3.8) is 0 Å². The van der Waals surface area contributed by atoms with Gasteiger partial charge in [0.05, 0.1) is 6.04 Å². The van der Waals surface area contributed by atoms with E-state index in [0.717, 1.165) is 5.56 Å². The molecule has 2 nitrogen and oxygen atoms in total. The topological polar surface area (TPSA) is 43.1 Å². The Morgan fingerprint density at radius 1 is 1.36 bits per heavy atom. The molecular weight excluding hydrogens is 138 g/mol. The van der Waals surface area contributed by atoms with Crippen LogP contribution in [0.15, 0.2) is 30.3 Å². The predicted molar refractivity (Wildman–Crippen MR) is 43.8 cm³/mol. The molecule has 0 aliphatic carbocycles. The molecule has 0 aliphatic rings. The summed E-state index contributed by atoms with van der Waals surface area (Å²) in [4.78, 5) is 10.1. The van der Waals surface area contributed by atoms with Crippen molar-refractivity contribution in [3.8, 4) is 0 Å². The molecule has 0 heterocycles. The van der Waals surface area contributed by atoms with Crippen LogP contribution in [0.3, 0.4) is 0 Å². The van der Waals surface area contributed by atoms with Gasteiger partial charge in [0, 0.05) is 0 Å². The van der Waals surface area contributed by atoms with Crippen molar-refractivity contribution in [1.29, 1.82) is 0 Å². The van der Waals surface area contributed by atoms with Crippen molar-refractivity contribution in [3.05, 3.63) is 35.9 Å². The molecule has 0 aliphatic heterocycles. The molecule has 11 heavy (non-hydrogen) atoms. The SMILES string of the molecule is N[C@H]([C]=O)Cc1ccccc1. The predicted octanol–water partition coefficient (Wildman–Crippen LogP) is 0.666. The Morgan fingerprint density at radius 2 is 2.00 bits per heavy atom. The van der Waals surface area contributed by atoms with Crippen LogP contribution in [-0.2, 0) is 11.2 Å². The van der Waals surface area contributed by atoms with Crippen molar-refractivity contribution in [1.82, 2.24) is 0 Å². The summed E-state index contributed by atoms with van der Waals surface area (Å²) in [5.41, 5.74) is 6.45. The molecule has 0 saturated carbocycles. The lowest BCUT2D eigenvalue weighted by molar-refractivity contribution is 0.541. The third-order valence-electron chi connectivity index (χ3n) is 1.45. The van der Waals surface area contributed by atoms with Crippen LogP contribution >= 0.6 is 0 Å². The highest BCUT2D eigenvalue weighted by atomic mass is 16.1. The second-order valence-corrected chi connectivity index (χ2v) is 2.41. The molecular formula is C9H10NO. The molecule has 0 unspecified atom stereocenters. The minimum Gasteiger partial charge on any atom is -0.321 e. The lowest BCUT2D eigenvalue weighted by atomic mass is 10.1. The smallest absolute Gasteiger partial charge is 0.217 e. The van der Waals surface area contributed by atoms with Gasteiger partial charge < -0.3 is 5.73 Å². The van der Waals surface area contributed by atoms with Gasteiger partial charge in [-0.2, -0.15) is 0 Å². The largest absolute Gasteiger partial charge is 0.321 e. The molecule has 0 amide bonds. The standard InChI is InChI=1S/C9H10NO/c10-9(7-11)6-8-4-2-1-3-5-8/h1-5,9H,6,10H2/t9-/m0/s1. The Kier molecular flexibility index (Phi) is 2.81. The van der Waals surface area contributed by atoms with Crippen molar-refractivity contribution in [2.75, 3.05) is 0 Å². The average Bonchev–Trinajstić information content (AvgIpc) is 2.06. The second kappa shape index (κ2) is 3.88. The highest BCUT2D eigenvalue weighted by molar-refractivity contribution is 5.58. The maximum atomic E-state index is 10.1. The molecule has 2 heteroatoms. The summed E-state index contributed by atoms with van der Waals surface area (Å²) in [6.07, 6.45) is 2.31. The van der Waals surface area contributed by atoms with Gasteiger partial charge in [-0.25, -0.2) is 0 Å². The number of carbonyl (C=O) groups excluding carboxylic acids is 1. The molecule has 1 aromatic carbocycles. The summed E-state index contributed by atoms with van der Waals surface area (Å²) in [5, 5.41) is 0. The minimum absolute atomic E-state index is 0.489. The first-order chi connectivity index (χ1) is 5.33. The fraction of sp³-hybridized carbons (Fsp3) is 0.222. The lowest BCUT2D eigenvalue weighted by Gasteiger charge is -2.01. The number of benzene rings is 1. The van der Waals surface area contributed by atoms with Gasteiger partial charge in [0.25, 0.3) is 0 Å². The van der Waals surface area contributed by atoms with E-state index < -0.39 is 6.04 Å². The van der Waals surface area contributed by atoms with Gasteiger partial charge in [-0.3, -0.25) is 4.79 Å². The van der Waals surface area contributed by atoms with E-state index >= 15 is 0 Å². The average molecular weight is 148 g/mol. The van der Waals surface area contributed by atoms with Crippen LogP contribution in [0.4, 0.5) is 0 Å². The van der Waals surface area contributed by atoms with Crippen LogP contribution < -0.4 is 5.73 Å². The van der Waals surface area contributed by atoms with Gasteiger partial charge in [-0.1, -0.05) is 30.3 Å². The van der Waals surface area contributed by atoms with E-state index in [1.165, 1.54) is 0 Å². The van der Waals surface area contributed by atoms with E-state index in [1.54, 1.807) is 6.29 Å². The zero-order valence-electron chi connectivity index (χ0n) is 6.16. The number of rotatable bonds is 3. The van der Waals surface area contributed by atoms with Gasteiger partial charge in [-0.05, 0) is 12.0 Å². The maximum Gasteiger partial charge on any atom is 0.217 e. The van der Waals surface area contributed by atoms with Crippen molar-refractivity contribution >= 4 is 6.29 Å². The van der Waals surface area contributed by atoms with Gasteiger partial charge in [0.1, 0.15) is 0 Å². The first-order valence-corrected chi connectivity index (χ1v) is 3.50. The maximum absolute atomic E-state index is 10.1. The summed E-state index contributed by atoms with van der Waals surface area (Å²) in [6, 6.07) is 9.17. The van der Waals surface area contributed by atoms with E-state index in [2.05, 4.69) is 0 Å². The van der Waals surface area contributed by atoms with Gasteiger partial charge in [0.2, 0.25) is 6.29 Å². The highest BCUT2D eigenvalue weighted by Crippen LogP contribution is 1.99. The molecule has 1 atom stereocenters. The van der Waals surface area contributed by atoms with E-state index in [0.29, 0.717) is 6.42 Å². The fourth-order valence-corrected chi connectivity index (χ4v) is 0.910. The van der Waals surface area contributed by atoms with Gasteiger partial charge in [-0.15, -0.1) is 0 Å². The van der Waals surface area contributed by atoms with Crippen LogP contribution in [0.1, 0.15) is 5.56 Å². The minimum atomic E-state index is -0.489. The molecule has 2 N–H and O–H groups in total. The Labute approximate surface area is 66.0 Å². The first kappa shape index (κ1) is 7.95. The summed E-state index contributed by atoms with van der Waals surface area (Å²) < 4.78 is 0. The molecule has 0 spiro atoms. The zero-order valence-corrected chi connectivity index (χ0v) is 6.16. The molecule has 0 fully saturated rings. The van der Waals surface area contributed by atoms with Crippen molar-refractivity contribution < 1.29 is 4.79 Å². The Morgan fingerprint density at radius 3 is 2.55 bits per heavy atom. The Bertz CT molecular complexity index is 220. The molecule has 1 aromatic rings. The fourth-order valence-electron chi connectivity index (χ4n) is 0.910. The summed E-state index contributed by atoms with van der Waals surface area (Å²) in [6.45, 7) is 0. The third kappa shape index (κ3) is 2.51. The zero-order chi connectivity index (χ0) is 8.10. The molecule has 0 saturated heterocycles. The summed E-state index contributed by atoms with van der Waals surface area (Å²) in [5.74, 6) is 0. The number of nitrogens with two attached hydrogens (primary N) is 1. The third-order valence-corrected chi connectivity index (χ3v) is 1.45. The molecule has 0 bridgehead atoms. The molecule has 57 valence electrons. The van der Waals surface area contributed by atoms with Crippen LogP contribution in [0.5, 0.6) is 0 Å². The summed E-state index contributed by atoms with van der Waals surface area (Å²) >= 11 is 0. The van der Waals surface area contributed by atoms with Crippen LogP contribution in [0, 0.1) is 0 Å².